The number of fused-ring (bicyclic) bond motifs is 1. The molecule has 7 nitrogen and oxygen atoms in total. The number of H-pyrrole nitrogens is 1. The zero-order valence-corrected chi connectivity index (χ0v) is 16.8. The maximum absolute atomic E-state index is 13.5. The Morgan fingerprint density at radius 1 is 1.30 bits per heavy atom. The molecule has 162 valence electrons. The van der Waals surface area contributed by atoms with Crippen LogP contribution < -0.4 is 5.73 Å². The van der Waals surface area contributed by atoms with Gasteiger partial charge in [0.2, 0.25) is 0 Å². The van der Waals surface area contributed by atoms with Crippen LogP contribution in [0.1, 0.15) is 40.4 Å². The molecular weight excluding hydrogens is 421 g/mol. The highest BCUT2D eigenvalue weighted by Gasteiger charge is 2.37. The molecule has 0 spiro atoms. The van der Waals surface area contributed by atoms with Crippen LogP contribution in [0.2, 0.25) is 0 Å². The van der Waals surface area contributed by atoms with Gasteiger partial charge in [-0.3, -0.25) is 18.6 Å². The summed E-state index contributed by atoms with van der Waals surface area (Å²) in [5.74, 6) is -0.225. The SMILES string of the molecule is Cn1cc(-c2cc(C(N)=O)c3[nH]cc(C4CCS(O)(O)CC4)c3c2)c(C(F)(F)F)n1. The molecule has 1 amide bonds. The zero-order valence-electron chi connectivity index (χ0n) is 16.0. The lowest BCUT2D eigenvalue weighted by atomic mass is 9.91. The number of benzene rings is 1. The van der Waals surface area contributed by atoms with E-state index in [1.165, 1.54) is 19.3 Å². The number of carbonyl (C=O) groups excluding carboxylic acids is 1. The topological polar surface area (TPSA) is 117 Å². The maximum Gasteiger partial charge on any atom is 0.435 e. The van der Waals surface area contributed by atoms with Crippen LogP contribution in [0.5, 0.6) is 0 Å². The normalized spacial score (nSPS) is 18.6. The highest BCUT2D eigenvalue weighted by atomic mass is 32.3. The first-order chi connectivity index (χ1) is 14.0. The standard InChI is InChI=1S/C19H21F3N4O3S/c1-26-9-15(17(25-26)19(20,21)22)11-6-12-14(10-2-4-30(28,29)5-3-10)8-24-16(12)13(7-11)18(23)27/h6-10,24,28-29H,2-5H2,1H3,(H2,23,27). The average molecular weight is 442 g/mol. The Morgan fingerprint density at radius 3 is 2.57 bits per heavy atom. The number of amides is 1. The molecule has 4 rings (SSSR count). The zero-order chi connectivity index (χ0) is 21.8. The molecule has 3 heterocycles. The Labute approximate surface area is 171 Å². The average Bonchev–Trinajstić information content (AvgIpc) is 3.24. The monoisotopic (exact) mass is 442 g/mol. The second kappa shape index (κ2) is 7.03. The number of rotatable bonds is 3. The Hall–Kier alpha value is -2.50. The van der Waals surface area contributed by atoms with Crippen molar-refractivity contribution < 1.29 is 27.1 Å². The largest absolute Gasteiger partial charge is 0.435 e. The van der Waals surface area contributed by atoms with Crippen molar-refractivity contribution in [2.45, 2.75) is 24.9 Å². The van der Waals surface area contributed by atoms with Crippen LogP contribution in [-0.2, 0) is 13.2 Å². The summed E-state index contributed by atoms with van der Waals surface area (Å²) in [5.41, 5.74) is 5.89. The summed E-state index contributed by atoms with van der Waals surface area (Å²) in [6.07, 6.45) is -0.608. The second-order valence-electron chi connectivity index (χ2n) is 7.60. The van der Waals surface area contributed by atoms with Crippen molar-refractivity contribution >= 4 is 27.4 Å². The Kier molecular flexibility index (Phi) is 4.87. The van der Waals surface area contributed by atoms with Gasteiger partial charge in [0.15, 0.2) is 5.69 Å². The van der Waals surface area contributed by atoms with Gasteiger partial charge in [0.25, 0.3) is 5.91 Å². The van der Waals surface area contributed by atoms with E-state index in [0.717, 1.165) is 10.2 Å². The van der Waals surface area contributed by atoms with Crippen molar-refractivity contribution in [1.29, 1.82) is 0 Å². The third-order valence-corrected chi connectivity index (χ3v) is 7.30. The van der Waals surface area contributed by atoms with Gasteiger partial charge >= 0.3 is 6.18 Å². The third kappa shape index (κ3) is 3.68. The molecule has 1 aliphatic heterocycles. The van der Waals surface area contributed by atoms with E-state index in [1.54, 1.807) is 12.3 Å². The predicted molar refractivity (Wildman–Crippen MR) is 109 cm³/mol. The van der Waals surface area contributed by atoms with Crippen molar-refractivity contribution in [3.8, 4) is 11.1 Å². The van der Waals surface area contributed by atoms with Crippen molar-refractivity contribution in [2.75, 3.05) is 11.5 Å². The Bertz CT molecular complexity index is 1130. The molecule has 5 N–H and O–H groups in total. The number of nitrogens with two attached hydrogens (primary N) is 1. The molecule has 1 fully saturated rings. The molecule has 3 aromatic rings. The van der Waals surface area contributed by atoms with Gasteiger partial charge in [-0.15, -0.1) is 0 Å². The summed E-state index contributed by atoms with van der Waals surface area (Å²) in [7, 11) is -1.18. The van der Waals surface area contributed by atoms with Crippen LogP contribution in [0.25, 0.3) is 22.0 Å². The fourth-order valence-electron chi connectivity index (χ4n) is 4.07. The fraction of sp³-hybridized carbons (Fsp3) is 0.368. The predicted octanol–water partition coefficient (Wildman–Crippen LogP) is 4.31. The summed E-state index contributed by atoms with van der Waals surface area (Å²) < 4.78 is 61.3. The Morgan fingerprint density at radius 2 is 1.97 bits per heavy atom. The number of aromatic nitrogens is 3. The van der Waals surface area contributed by atoms with Crippen molar-refractivity contribution in [3.63, 3.8) is 0 Å². The first-order valence-corrected chi connectivity index (χ1v) is 11.1. The number of carbonyl (C=O) groups is 1. The highest BCUT2D eigenvalue weighted by molar-refractivity contribution is 8.24. The number of aryl methyl sites for hydroxylation is 1. The lowest BCUT2D eigenvalue weighted by Crippen LogP contribution is -2.19. The quantitative estimate of drug-likeness (QED) is 0.483. The van der Waals surface area contributed by atoms with Crippen molar-refractivity contribution in [1.82, 2.24) is 14.8 Å². The van der Waals surface area contributed by atoms with Crippen LogP contribution in [0.3, 0.4) is 0 Å². The lowest BCUT2D eigenvalue weighted by Gasteiger charge is -2.39. The highest BCUT2D eigenvalue weighted by Crippen LogP contribution is 2.49. The minimum absolute atomic E-state index is 0.00867. The molecule has 0 aliphatic carbocycles. The molecule has 2 aromatic heterocycles. The molecule has 11 heteroatoms. The molecular formula is C19H21F3N4O3S. The van der Waals surface area contributed by atoms with E-state index < -0.39 is 28.4 Å². The lowest BCUT2D eigenvalue weighted by molar-refractivity contribution is -0.140. The third-order valence-electron chi connectivity index (χ3n) is 5.52. The molecule has 1 aliphatic rings. The van der Waals surface area contributed by atoms with Gasteiger partial charge in [0.05, 0.1) is 11.1 Å². The number of halogens is 3. The first-order valence-electron chi connectivity index (χ1n) is 9.26. The summed E-state index contributed by atoms with van der Waals surface area (Å²) in [5, 5.41) is 4.14. The second-order valence-corrected chi connectivity index (χ2v) is 10.0. The number of hydrogen-bond donors (Lipinski definition) is 4. The summed E-state index contributed by atoms with van der Waals surface area (Å²) in [6.45, 7) is 0. The van der Waals surface area contributed by atoms with Gasteiger partial charge in [0, 0.05) is 41.9 Å². The van der Waals surface area contributed by atoms with E-state index >= 15 is 0 Å². The van der Waals surface area contributed by atoms with Gasteiger partial charge in [-0.25, -0.2) is 0 Å². The van der Waals surface area contributed by atoms with Crippen LogP contribution in [0.4, 0.5) is 13.2 Å². The number of nitrogens with one attached hydrogen (secondary N) is 1. The van der Waals surface area contributed by atoms with Gasteiger partial charge in [-0.05, 0) is 42.0 Å². The van der Waals surface area contributed by atoms with E-state index in [9.17, 15) is 27.1 Å². The van der Waals surface area contributed by atoms with E-state index in [1.807, 2.05) is 0 Å². The maximum atomic E-state index is 13.5. The first kappa shape index (κ1) is 20.8. The smallest absolute Gasteiger partial charge is 0.366 e. The van der Waals surface area contributed by atoms with Gasteiger partial charge in [-0.2, -0.15) is 28.9 Å². The number of hydrogen-bond acceptors (Lipinski definition) is 4. The number of nitrogens with zero attached hydrogens (tertiary/aromatic N) is 2. The van der Waals surface area contributed by atoms with E-state index in [-0.39, 0.29) is 34.1 Å². The summed E-state index contributed by atoms with van der Waals surface area (Å²) >= 11 is 0. The molecule has 1 saturated heterocycles. The van der Waals surface area contributed by atoms with Gasteiger partial charge < -0.3 is 10.7 Å². The van der Waals surface area contributed by atoms with E-state index in [4.69, 9.17) is 5.73 Å². The van der Waals surface area contributed by atoms with Crippen LogP contribution in [-0.4, -0.2) is 41.3 Å². The minimum atomic E-state index is -4.66. The van der Waals surface area contributed by atoms with Crippen molar-refractivity contribution in [3.05, 3.63) is 41.3 Å². The number of alkyl halides is 3. The molecule has 0 saturated carbocycles. The summed E-state index contributed by atoms with van der Waals surface area (Å²) in [4.78, 5) is 15.1. The van der Waals surface area contributed by atoms with Gasteiger partial charge in [-0.1, -0.05) is 0 Å². The molecule has 30 heavy (non-hydrogen) atoms. The van der Waals surface area contributed by atoms with Crippen LogP contribution >= 0.6 is 10.6 Å². The Balaban J connectivity index is 1.88. The van der Waals surface area contributed by atoms with Crippen LogP contribution in [0.15, 0.2) is 24.5 Å². The molecule has 0 radical (unpaired) electrons. The molecule has 0 unspecified atom stereocenters. The van der Waals surface area contributed by atoms with Gasteiger partial charge in [0.1, 0.15) is 0 Å². The fourth-order valence-corrected chi connectivity index (χ4v) is 5.60. The van der Waals surface area contributed by atoms with Crippen LogP contribution in [0, 0.1) is 0 Å². The minimum Gasteiger partial charge on any atom is -0.366 e. The number of primary amides is 1. The molecule has 0 atom stereocenters. The molecule has 1 aromatic carbocycles. The molecule has 0 bridgehead atoms. The van der Waals surface area contributed by atoms with E-state index in [2.05, 4.69) is 10.1 Å². The summed E-state index contributed by atoms with van der Waals surface area (Å²) in [6, 6.07) is 2.95. The number of aromatic amines is 1. The van der Waals surface area contributed by atoms with Crippen molar-refractivity contribution in [2.24, 2.45) is 12.8 Å². The van der Waals surface area contributed by atoms with E-state index in [0.29, 0.717) is 23.7 Å².